The van der Waals surface area contributed by atoms with E-state index in [9.17, 15) is 0 Å². The summed E-state index contributed by atoms with van der Waals surface area (Å²) in [5.41, 5.74) is 0.386. The lowest BCUT2D eigenvalue weighted by Crippen LogP contribution is -2.32. The molecule has 0 spiro atoms. The molecule has 0 aliphatic carbocycles. The minimum Gasteiger partial charge on any atom is -0.376 e. The van der Waals surface area contributed by atoms with Gasteiger partial charge in [0.25, 0.3) is 0 Å². The van der Waals surface area contributed by atoms with Gasteiger partial charge in [0.05, 0.1) is 23.9 Å². The Balaban J connectivity index is 2.59. The Morgan fingerprint density at radius 1 is 1.39 bits per heavy atom. The van der Waals surface area contributed by atoms with Crippen molar-refractivity contribution in [3.05, 3.63) is 30.3 Å². The fourth-order valence-electron chi connectivity index (χ4n) is 1.67. The second-order valence-corrected chi connectivity index (χ2v) is 4.62. The highest BCUT2D eigenvalue weighted by Crippen LogP contribution is 2.21. The van der Waals surface area contributed by atoms with Gasteiger partial charge in [-0.05, 0) is 32.4 Å². The van der Waals surface area contributed by atoms with Gasteiger partial charge in [-0.1, -0.05) is 18.2 Å². The fraction of sp³-hybridized carbons (Fsp3) is 0.500. The van der Waals surface area contributed by atoms with Gasteiger partial charge in [-0.15, -0.1) is 0 Å². The van der Waals surface area contributed by atoms with Crippen molar-refractivity contribution in [3.63, 3.8) is 0 Å². The molecule has 2 atom stereocenters. The normalized spacial score (nSPS) is 16.1. The Morgan fingerprint density at radius 2 is 2.06 bits per heavy atom. The maximum Gasteiger partial charge on any atom is 0.0891 e. The number of ether oxygens (including phenoxy) is 1. The standard InChI is InChI=1S/C14H19N3O/c1-12(10-15)9-14(2,18-3)11-16-17-13-7-5-4-6-8-13/h4-8,12H,9,11H2,1-3H3. The van der Waals surface area contributed by atoms with Crippen LogP contribution in [0.3, 0.4) is 0 Å². The molecule has 0 N–H and O–H groups in total. The number of methoxy groups -OCH3 is 1. The number of benzene rings is 1. The molecule has 0 aliphatic rings. The first-order valence-electron chi connectivity index (χ1n) is 5.97. The zero-order valence-corrected chi connectivity index (χ0v) is 11.1. The van der Waals surface area contributed by atoms with Crippen molar-refractivity contribution in [2.45, 2.75) is 25.9 Å². The van der Waals surface area contributed by atoms with E-state index in [1.54, 1.807) is 7.11 Å². The molecule has 0 bridgehead atoms. The molecule has 2 unspecified atom stereocenters. The third-order valence-electron chi connectivity index (χ3n) is 2.80. The highest BCUT2D eigenvalue weighted by molar-refractivity contribution is 5.34. The van der Waals surface area contributed by atoms with Gasteiger partial charge in [0, 0.05) is 13.0 Å². The lowest BCUT2D eigenvalue weighted by atomic mass is 9.94. The molecule has 0 aromatic heterocycles. The topological polar surface area (TPSA) is 57.7 Å². The lowest BCUT2D eigenvalue weighted by Gasteiger charge is -2.26. The number of hydrogen-bond donors (Lipinski definition) is 0. The molecule has 4 nitrogen and oxygen atoms in total. The van der Waals surface area contributed by atoms with Crippen LogP contribution in [0, 0.1) is 17.2 Å². The molecular formula is C14H19N3O. The minimum atomic E-state index is -0.437. The van der Waals surface area contributed by atoms with Crippen molar-refractivity contribution in [1.82, 2.24) is 0 Å². The summed E-state index contributed by atoms with van der Waals surface area (Å²) in [5, 5.41) is 17.1. The molecule has 0 saturated heterocycles. The van der Waals surface area contributed by atoms with Crippen LogP contribution in [0.2, 0.25) is 0 Å². The molecular weight excluding hydrogens is 226 g/mol. The second-order valence-electron chi connectivity index (χ2n) is 4.62. The summed E-state index contributed by atoms with van der Waals surface area (Å²) in [6, 6.07) is 11.8. The van der Waals surface area contributed by atoms with Gasteiger partial charge < -0.3 is 4.74 Å². The van der Waals surface area contributed by atoms with Crippen LogP contribution in [0.5, 0.6) is 0 Å². The van der Waals surface area contributed by atoms with Gasteiger partial charge >= 0.3 is 0 Å². The SMILES string of the molecule is COC(C)(CN=Nc1ccccc1)CC(C)C#N. The predicted molar refractivity (Wildman–Crippen MR) is 70.6 cm³/mol. The predicted octanol–water partition coefficient (Wildman–Crippen LogP) is 3.73. The van der Waals surface area contributed by atoms with Crippen LogP contribution in [0.4, 0.5) is 5.69 Å². The lowest BCUT2D eigenvalue weighted by molar-refractivity contribution is -0.000352. The van der Waals surface area contributed by atoms with Gasteiger partial charge in [-0.3, -0.25) is 0 Å². The Labute approximate surface area is 108 Å². The van der Waals surface area contributed by atoms with E-state index in [0.717, 1.165) is 5.69 Å². The highest BCUT2D eigenvalue weighted by Gasteiger charge is 2.26. The molecule has 96 valence electrons. The highest BCUT2D eigenvalue weighted by atomic mass is 16.5. The van der Waals surface area contributed by atoms with Gasteiger partial charge in [0.15, 0.2) is 0 Å². The van der Waals surface area contributed by atoms with E-state index in [1.165, 1.54) is 0 Å². The monoisotopic (exact) mass is 245 g/mol. The summed E-state index contributed by atoms with van der Waals surface area (Å²) >= 11 is 0. The fourth-order valence-corrected chi connectivity index (χ4v) is 1.67. The minimum absolute atomic E-state index is 0.0538. The molecule has 1 aromatic carbocycles. The van der Waals surface area contributed by atoms with E-state index < -0.39 is 5.60 Å². The number of rotatable bonds is 6. The molecule has 0 fully saturated rings. The van der Waals surface area contributed by atoms with Crippen molar-refractivity contribution in [2.24, 2.45) is 16.1 Å². The Bertz CT molecular complexity index is 424. The van der Waals surface area contributed by atoms with E-state index in [0.29, 0.717) is 13.0 Å². The van der Waals surface area contributed by atoms with Crippen molar-refractivity contribution in [3.8, 4) is 6.07 Å². The molecule has 18 heavy (non-hydrogen) atoms. The van der Waals surface area contributed by atoms with Crippen molar-refractivity contribution >= 4 is 5.69 Å². The molecule has 0 saturated carbocycles. The zero-order chi connectivity index (χ0) is 13.4. The summed E-state index contributed by atoms with van der Waals surface area (Å²) < 4.78 is 5.44. The first kappa shape index (κ1) is 14.3. The molecule has 0 amide bonds. The zero-order valence-electron chi connectivity index (χ0n) is 11.1. The maximum absolute atomic E-state index is 8.84. The molecule has 1 aromatic rings. The third-order valence-corrected chi connectivity index (χ3v) is 2.80. The maximum atomic E-state index is 8.84. The van der Waals surface area contributed by atoms with Crippen LogP contribution in [0.1, 0.15) is 20.3 Å². The van der Waals surface area contributed by atoms with Crippen molar-refractivity contribution in [2.75, 3.05) is 13.7 Å². The summed E-state index contributed by atoms with van der Waals surface area (Å²) in [5.74, 6) is -0.0538. The number of nitriles is 1. The van der Waals surface area contributed by atoms with Crippen LogP contribution < -0.4 is 0 Å². The average Bonchev–Trinajstić information content (AvgIpc) is 2.40. The quantitative estimate of drug-likeness (QED) is 0.717. The van der Waals surface area contributed by atoms with E-state index in [2.05, 4.69) is 16.3 Å². The summed E-state index contributed by atoms with van der Waals surface area (Å²) in [6.45, 7) is 4.28. The Hall–Kier alpha value is -1.73. The summed E-state index contributed by atoms with van der Waals surface area (Å²) in [6.07, 6.45) is 0.647. The van der Waals surface area contributed by atoms with Gasteiger partial charge in [-0.25, -0.2) is 0 Å². The summed E-state index contributed by atoms with van der Waals surface area (Å²) in [7, 11) is 1.64. The van der Waals surface area contributed by atoms with Gasteiger partial charge in [0.1, 0.15) is 0 Å². The number of hydrogen-bond acceptors (Lipinski definition) is 4. The Kier molecular flexibility index (Phi) is 5.47. The molecule has 4 heteroatoms. The Morgan fingerprint density at radius 3 is 2.61 bits per heavy atom. The van der Waals surface area contributed by atoms with Crippen LogP contribution in [-0.4, -0.2) is 19.3 Å². The van der Waals surface area contributed by atoms with Crippen molar-refractivity contribution < 1.29 is 4.74 Å². The van der Waals surface area contributed by atoms with E-state index >= 15 is 0 Å². The third kappa shape index (κ3) is 4.64. The van der Waals surface area contributed by atoms with Crippen LogP contribution in [0.25, 0.3) is 0 Å². The largest absolute Gasteiger partial charge is 0.376 e. The van der Waals surface area contributed by atoms with Crippen LogP contribution in [-0.2, 0) is 4.74 Å². The van der Waals surface area contributed by atoms with Crippen LogP contribution in [0.15, 0.2) is 40.6 Å². The second kappa shape index (κ2) is 6.87. The number of azo groups is 1. The first-order valence-corrected chi connectivity index (χ1v) is 5.97. The molecule has 0 radical (unpaired) electrons. The van der Waals surface area contributed by atoms with E-state index in [4.69, 9.17) is 10.00 Å². The van der Waals surface area contributed by atoms with Crippen molar-refractivity contribution in [1.29, 1.82) is 5.26 Å². The smallest absolute Gasteiger partial charge is 0.0891 e. The van der Waals surface area contributed by atoms with E-state index in [-0.39, 0.29) is 5.92 Å². The molecule has 0 aliphatic heterocycles. The molecule has 1 rings (SSSR count). The first-order chi connectivity index (χ1) is 8.59. The van der Waals surface area contributed by atoms with Gasteiger partial charge in [-0.2, -0.15) is 15.5 Å². The van der Waals surface area contributed by atoms with Gasteiger partial charge in [0.2, 0.25) is 0 Å². The molecule has 0 heterocycles. The average molecular weight is 245 g/mol. The van der Waals surface area contributed by atoms with Crippen LogP contribution >= 0.6 is 0 Å². The van der Waals surface area contributed by atoms with E-state index in [1.807, 2.05) is 44.2 Å². The summed E-state index contributed by atoms with van der Waals surface area (Å²) in [4.78, 5) is 0. The number of nitrogens with zero attached hydrogens (tertiary/aromatic N) is 3.